The number of benzene rings is 3. The van der Waals surface area contributed by atoms with Crippen LogP contribution in [0.2, 0.25) is 0 Å². The molecule has 0 N–H and O–H groups in total. The summed E-state index contributed by atoms with van der Waals surface area (Å²) in [5.74, 6) is 0.966. The molecule has 0 fully saturated rings. The Morgan fingerprint density at radius 3 is 2.42 bits per heavy atom. The maximum absolute atomic E-state index is 13.0. The van der Waals surface area contributed by atoms with Gasteiger partial charge in [0.15, 0.2) is 0 Å². The normalized spacial score (nSPS) is 15.4. The summed E-state index contributed by atoms with van der Waals surface area (Å²) in [4.78, 5) is 25.0. The summed E-state index contributed by atoms with van der Waals surface area (Å²) in [6.45, 7) is 6.16. The Balaban J connectivity index is 1.71. The van der Waals surface area contributed by atoms with Crippen molar-refractivity contribution in [2.45, 2.75) is 38.9 Å². The number of hydrogen-bond donors (Lipinski definition) is 0. The van der Waals surface area contributed by atoms with Crippen LogP contribution >= 0.6 is 11.6 Å². The fourth-order valence-electron chi connectivity index (χ4n) is 4.02. The zero-order valence-electron chi connectivity index (χ0n) is 18.7. The number of nitrogens with zero attached hydrogens (tertiary/aromatic N) is 2. The number of hydrogen-bond acceptors (Lipinski definition) is 5. The lowest BCUT2D eigenvalue weighted by Gasteiger charge is -2.25. The Labute approximate surface area is 197 Å². The Bertz CT molecular complexity index is 1200. The molecule has 172 valence electrons. The number of carbonyl (C=O) groups is 1. The first-order valence-electron chi connectivity index (χ1n) is 10.7. The van der Waals surface area contributed by atoms with Crippen LogP contribution in [-0.2, 0) is 11.3 Å². The van der Waals surface area contributed by atoms with E-state index >= 15 is 0 Å². The largest absolute Gasteiger partial charge is 0.488 e. The number of rotatable bonds is 5. The second kappa shape index (κ2) is 8.90. The molecule has 0 aromatic heterocycles. The van der Waals surface area contributed by atoms with Gasteiger partial charge in [0.1, 0.15) is 18.0 Å². The highest BCUT2D eigenvalue weighted by Gasteiger charge is 2.36. The Hall–Kier alpha value is -3.32. The molecule has 8 heteroatoms. The lowest BCUT2D eigenvalue weighted by atomic mass is 9.95. The van der Waals surface area contributed by atoms with Crippen molar-refractivity contribution >= 4 is 39.8 Å². The van der Waals surface area contributed by atoms with Gasteiger partial charge in [-0.25, -0.2) is 4.79 Å². The van der Waals surface area contributed by atoms with E-state index in [1.165, 1.54) is 12.1 Å². The van der Waals surface area contributed by atoms with Crippen LogP contribution in [0.3, 0.4) is 0 Å². The van der Waals surface area contributed by atoms with Crippen LogP contribution in [0.15, 0.2) is 54.6 Å². The van der Waals surface area contributed by atoms with Crippen molar-refractivity contribution in [3.8, 4) is 5.75 Å². The maximum atomic E-state index is 13.0. The van der Waals surface area contributed by atoms with Gasteiger partial charge in [0.25, 0.3) is 5.69 Å². The third-order valence-corrected chi connectivity index (χ3v) is 5.84. The number of alkyl halides is 1. The lowest BCUT2D eigenvalue weighted by Crippen LogP contribution is -2.36. The van der Waals surface area contributed by atoms with Crippen molar-refractivity contribution in [3.63, 3.8) is 0 Å². The van der Waals surface area contributed by atoms with E-state index in [2.05, 4.69) is 0 Å². The SMILES string of the molecule is CC(C)(C)OC(=O)N1CC(CCl)c2c1cc(OCc1ccc([N+](=O)[O-])cc1)c1ccccc21. The molecule has 1 atom stereocenters. The quantitative estimate of drug-likeness (QED) is 0.245. The van der Waals surface area contributed by atoms with Gasteiger partial charge in [0.05, 0.1) is 10.6 Å². The molecule has 1 heterocycles. The molecule has 1 unspecified atom stereocenters. The van der Waals surface area contributed by atoms with Crippen LogP contribution < -0.4 is 9.64 Å². The summed E-state index contributed by atoms with van der Waals surface area (Å²) in [6.07, 6.45) is -0.423. The fraction of sp³-hybridized carbons (Fsp3) is 0.320. The highest BCUT2D eigenvalue weighted by atomic mass is 35.5. The zero-order chi connectivity index (χ0) is 23.8. The first-order valence-corrected chi connectivity index (χ1v) is 11.2. The molecule has 0 aliphatic carbocycles. The van der Waals surface area contributed by atoms with Crippen molar-refractivity contribution < 1.29 is 19.2 Å². The third-order valence-electron chi connectivity index (χ3n) is 5.47. The highest BCUT2D eigenvalue weighted by Crippen LogP contribution is 2.46. The van der Waals surface area contributed by atoms with Gasteiger partial charge in [-0.1, -0.05) is 24.3 Å². The van der Waals surface area contributed by atoms with Crippen molar-refractivity contribution in [2.75, 3.05) is 17.3 Å². The summed E-state index contributed by atoms with van der Waals surface area (Å²) >= 11 is 6.30. The Morgan fingerprint density at radius 1 is 1.15 bits per heavy atom. The number of nitro groups is 1. The average Bonchev–Trinajstić information content (AvgIpc) is 3.15. The Morgan fingerprint density at radius 2 is 1.82 bits per heavy atom. The number of non-ortho nitro benzene ring substituents is 1. The van der Waals surface area contributed by atoms with Gasteiger partial charge in [0, 0.05) is 41.9 Å². The summed E-state index contributed by atoms with van der Waals surface area (Å²) in [5, 5.41) is 12.8. The molecule has 0 spiro atoms. The lowest BCUT2D eigenvalue weighted by molar-refractivity contribution is -0.384. The fourth-order valence-corrected chi connectivity index (χ4v) is 4.28. The van der Waals surface area contributed by atoms with Crippen molar-refractivity contribution in [2.24, 2.45) is 0 Å². The van der Waals surface area contributed by atoms with Gasteiger partial charge in [-0.3, -0.25) is 15.0 Å². The van der Waals surface area contributed by atoms with E-state index in [1.807, 2.05) is 51.1 Å². The predicted octanol–water partition coefficient (Wildman–Crippen LogP) is 6.40. The van der Waals surface area contributed by atoms with Gasteiger partial charge in [-0.2, -0.15) is 0 Å². The van der Waals surface area contributed by atoms with Crippen molar-refractivity contribution in [3.05, 3.63) is 75.8 Å². The van der Waals surface area contributed by atoms with Gasteiger partial charge in [-0.05, 0) is 49.4 Å². The molecule has 1 aliphatic rings. The van der Waals surface area contributed by atoms with E-state index in [9.17, 15) is 14.9 Å². The molecular weight excluding hydrogens is 444 g/mol. The van der Waals surface area contributed by atoms with E-state index in [4.69, 9.17) is 21.1 Å². The number of carbonyl (C=O) groups excluding carboxylic acids is 1. The number of halogens is 1. The zero-order valence-corrected chi connectivity index (χ0v) is 19.5. The monoisotopic (exact) mass is 468 g/mol. The minimum atomic E-state index is -0.623. The van der Waals surface area contributed by atoms with Crippen LogP contribution in [0.1, 0.15) is 37.8 Å². The molecule has 1 amide bonds. The number of anilines is 1. The second-order valence-electron chi connectivity index (χ2n) is 9.01. The van der Waals surface area contributed by atoms with E-state index in [1.54, 1.807) is 17.0 Å². The summed E-state index contributed by atoms with van der Waals surface area (Å²) in [5.41, 5.74) is 1.94. The molecule has 0 bridgehead atoms. The molecule has 4 rings (SSSR count). The maximum Gasteiger partial charge on any atom is 0.414 e. The second-order valence-corrected chi connectivity index (χ2v) is 9.32. The minimum absolute atomic E-state index is 0.0252. The number of nitro benzene ring substituents is 1. The van der Waals surface area contributed by atoms with Crippen LogP contribution in [0.5, 0.6) is 5.75 Å². The van der Waals surface area contributed by atoms with Gasteiger partial charge >= 0.3 is 6.09 Å². The average molecular weight is 469 g/mol. The number of ether oxygens (including phenoxy) is 2. The highest BCUT2D eigenvalue weighted by molar-refractivity contribution is 6.19. The van der Waals surface area contributed by atoms with E-state index in [-0.39, 0.29) is 18.2 Å². The Kier molecular flexibility index (Phi) is 6.17. The molecule has 33 heavy (non-hydrogen) atoms. The topological polar surface area (TPSA) is 81.9 Å². The van der Waals surface area contributed by atoms with Crippen molar-refractivity contribution in [1.29, 1.82) is 0 Å². The molecular formula is C25H25ClN2O5. The molecule has 1 aliphatic heterocycles. The van der Waals surface area contributed by atoms with E-state index in [0.29, 0.717) is 18.2 Å². The first kappa shape index (κ1) is 22.9. The molecule has 0 saturated heterocycles. The van der Waals surface area contributed by atoms with Gasteiger partial charge in [-0.15, -0.1) is 11.6 Å². The first-order chi connectivity index (χ1) is 15.7. The summed E-state index contributed by atoms with van der Waals surface area (Å²) in [7, 11) is 0. The molecule has 7 nitrogen and oxygen atoms in total. The number of amides is 1. The molecule has 3 aromatic carbocycles. The van der Waals surface area contributed by atoms with E-state index < -0.39 is 16.6 Å². The molecule has 0 radical (unpaired) electrons. The standard InChI is InChI=1S/C25H25ClN2O5/c1-25(2,3)33-24(29)27-14-17(13-26)23-20-7-5-4-6-19(20)22(12-21(23)27)32-15-16-8-10-18(11-9-16)28(30)31/h4-12,17H,13-15H2,1-3H3. The number of fused-ring (bicyclic) bond motifs is 3. The summed E-state index contributed by atoms with van der Waals surface area (Å²) in [6, 6.07) is 16.0. The smallest absolute Gasteiger partial charge is 0.414 e. The van der Waals surface area contributed by atoms with Gasteiger partial charge < -0.3 is 9.47 Å². The van der Waals surface area contributed by atoms with E-state index in [0.717, 1.165) is 27.6 Å². The predicted molar refractivity (Wildman–Crippen MR) is 128 cm³/mol. The third kappa shape index (κ3) is 4.73. The van der Waals surface area contributed by atoms with Gasteiger partial charge in [0.2, 0.25) is 0 Å². The van der Waals surface area contributed by atoms with Crippen LogP contribution in [0.4, 0.5) is 16.2 Å². The molecule has 3 aromatic rings. The minimum Gasteiger partial charge on any atom is -0.488 e. The van der Waals surface area contributed by atoms with Crippen molar-refractivity contribution in [1.82, 2.24) is 0 Å². The molecule has 0 saturated carbocycles. The van der Waals surface area contributed by atoms with Crippen LogP contribution in [0, 0.1) is 10.1 Å². The van der Waals surface area contributed by atoms with Crippen LogP contribution in [-0.4, -0.2) is 29.0 Å². The summed E-state index contributed by atoms with van der Waals surface area (Å²) < 4.78 is 11.8. The van der Waals surface area contributed by atoms with Crippen LogP contribution in [0.25, 0.3) is 10.8 Å².